The number of carbonyl (C=O) groups excluding carboxylic acids is 1. The van der Waals surface area contributed by atoms with Crippen LogP contribution in [0, 0.1) is 11.8 Å². The van der Waals surface area contributed by atoms with Crippen molar-refractivity contribution in [2.24, 2.45) is 0 Å². The molecule has 0 aliphatic carbocycles. The van der Waals surface area contributed by atoms with Crippen molar-refractivity contribution in [1.29, 1.82) is 0 Å². The molecule has 1 rings (SSSR count). The average molecular weight is 270 g/mol. The van der Waals surface area contributed by atoms with Gasteiger partial charge in [0.1, 0.15) is 6.61 Å². The topological polar surface area (TPSA) is 26.3 Å². The van der Waals surface area contributed by atoms with Gasteiger partial charge in [0.2, 0.25) is 0 Å². The number of hydrogen-bond acceptors (Lipinski definition) is 2. The molecule has 0 saturated carbocycles. The highest BCUT2D eigenvalue weighted by Crippen LogP contribution is 2.01. The Balaban J connectivity index is 2.12. The first-order valence-electron chi connectivity index (χ1n) is 7.17. The molecule has 1 aromatic rings. The Labute approximate surface area is 121 Å². The highest BCUT2D eigenvalue weighted by Gasteiger charge is 2.03. The number of carbonyl (C=O) groups is 1. The molecule has 0 unspecified atom stereocenters. The summed E-state index contributed by atoms with van der Waals surface area (Å²) in [6.07, 6.45) is 9.13. The summed E-state index contributed by atoms with van der Waals surface area (Å²) in [4.78, 5) is 11.6. The van der Waals surface area contributed by atoms with Crippen LogP contribution < -0.4 is 0 Å². The van der Waals surface area contributed by atoms with Crippen molar-refractivity contribution in [2.45, 2.75) is 39.0 Å². The highest BCUT2D eigenvalue weighted by molar-refractivity contribution is 5.89. The SMILES string of the molecule is CCCCCC#CC/C=C/COC(=O)c1ccccc1. The third-order valence-electron chi connectivity index (χ3n) is 2.74. The number of allylic oxidation sites excluding steroid dienone is 1. The zero-order chi connectivity index (χ0) is 14.5. The van der Waals surface area contributed by atoms with Gasteiger partial charge in [0.15, 0.2) is 0 Å². The Bertz CT molecular complexity index is 463. The molecule has 0 radical (unpaired) electrons. The Morgan fingerprint density at radius 1 is 1.15 bits per heavy atom. The Morgan fingerprint density at radius 3 is 2.70 bits per heavy atom. The van der Waals surface area contributed by atoms with Crippen LogP contribution >= 0.6 is 0 Å². The fourth-order valence-electron chi connectivity index (χ4n) is 1.62. The molecule has 0 amide bonds. The van der Waals surface area contributed by atoms with Gasteiger partial charge in [-0.2, -0.15) is 0 Å². The van der Waals surface area contributed by atoms with Crippen molar-refractivity contribution < 1.29 is 9.53 Å². The lowest BCUT2D eigenvalue weighted by Gasteiger charge is -2.00. The van der Waals surface area contributed by atoms with Crippen molar-refractivity contribution in [3.63, 3.8) is 0 Å². The van der Waals surface area contributed by atoms with E-state index in [0.29, 0.717) is 12.2 Å². The van der Waals surface area contributed by atoms with Gasteiger partial charge in [-0.15, -0.1) is 5.92 Å². The molecule has 0 N–H and O–H groups in total. The minimum atomic E-state index is -0.291. The molecule has 0 spiro atoms. The van der Waals surface area contributed by atoms with Gasteiger partial charge in [0.05, 0.1) is 5.56 Å². The van der Waals surface area contributed by atoms with Gasteiger partial charge < -0.3 is 4.74 Å². The zero-order valence-corrected chi connectivity index (χ0v) is 12.1. The lowest BCUT2D eigenvalue weighted by Crippen LogP contribution is -2.04. The number of benzene rings is 1. The molecule has 106 valence electrons. The third-order valence-corrected chi connectivity index (χ3v) is 2.74. The largest absolute Gasteiger partial charge is 0.458 e. The molecule has 0 heterocycles. The molecule has 2 nitrogen and oxygen atoms in total. The standard InChI is InChI=1S/C18H22O2/c1-2-3-4-5-6-7-8-9-13-16-20-18(19)17-14-11-10-12-15-17/h9-15H,2-5,8,16H2,1H3/b13-9+. The van der Waals surface area contributed by atoms with E-state index < -0.39 is 0 Å². The van der Waals surface area contributed by atoms with Crippen LogP contribution in [0.1, 0.15) is 49.4 Å². The van der Waals surface area contributed by atoms with Gasteiger partial charge in [-0.3, -0.25) is 0 Å². The van der Waals surface area contributed by atoms with E-state index in [1.54, 1.807) is 12.1 Å². The molecule has 0 atom stereocenters. The number of rotatable bonds is 7. The van der Waals surface area contributed by atoms with Crippen LogP contribution in [0.5, 0.6) is 0 Å². The van der Waals surface area contributed by atoms with Crippen molar-refractivity contribution in [3.8, 4) is 11.8 Å². The second kappa shape index (κ2) is 10.9. The normalized spacial score (nSPS) is 10.1. The van der Waals surface area contributed by atoms with Gasteiger partial charge in [0, 0.05) is 12.8 Å². The van der Waals surface area contributed by atoms with Gasteiger partial charge >= 0.3 is 5.97 Å². The lowest BCUT2D eigenvalue weighted by atomic mass is 10.2. The summed E-state index contributed by atoms with van der Waals surface area (Å²) in [6, 6.07) is 9.00. The zero-order valence-electron chi connectivity index (χ0n) is 12.1. The predicted octanol–water partition coefficient (Wildman–Crippen LogP) is 4.37. The van der Waals surface area contributed by atoms with Crippen LogP contribution in [-0.2, 0) is 4.74 Å². The molecule has 1 aromatic carbocycles. The van der Waals surface area contributed by atoms with Crippen LogP contribution in [0.2, 0.25) is 0 Å². The van der Waals surface area contributed by atoms with E-state index in [4.69, 9.17) is 4.74 Å². The van der Waals surface area contributed by atoms with Crippen LogP contribution in [0.4, 0.5) is 0 Å². The molecule has 0 fully saturated rings. The van der Waals surface area contributed by atoms with Crippen molar-refractivity contribution in [3.05, 3.63) is 48.0 Å². The molecular formula is C18H22O2. The first kappa shape index (κ1) is 16.0. The first-order chi connectivity index (χ1) is 9.84. The Morgan fingerprint density at radius 2 is 1.95 bits per heavy atom. The van der Waals surface area contributed by atoms with Crippen molar-refractivity contribution in [1.82, 2.24) is 0 Å². The van der Waals surface area contributed by atoms with E-state index in [1.165, 1.54) is 19.3 Å². The molecule has 0 saturated heterocycles. The molecule has 2 heteroatoms. The summed E-state index contributed by atoms with van der Waals surface area (Å²) >= 11 is 0. The van der Waals surface area contributed by atoms with Crippen LogP contribution in [0.3, 0.4) is 0 Å². The van der Waals surface area contributed by atoms with Gasteiger partial charge in [-0.25, -0.2) is 4.79 Å². The maximum absolute atomic E-state index is 11.6. The van der Waals surface area contributed by atoms with E-state index in [-0.39, 0.29) is 5.97 Å². The third kappa shape index (κ3) is 7.43. The monoisotopic (exact) mass is 270 g/mol. The summed E-state index contributed by atoms with van der Waals surface area (Å²) in [5, 5.41) is 0. The van der Waals surface area contributed by atoms with E-state index in [1.807, 2.05) is 30.4 Å². The van der Waals surface area contributed by atoms with Gasteiger partial charge in [0.25, 0.3) is 0 Å². The van der Waals surface area contributed by atoms with Gasteiger partial charge in [-0.05, 0) is 18.6 Å². The maximum atomic E-state index is 11.6. The van der Waals surface area contributed by atoms with Crippen molar-refractivity contribution in [2.75, 3.05) is 6.61 Å². The number of ether oxygens (including phenoxy) is 1. The van der Waals surface area contributed by atoms with Crippen LogP contribution in [-0.4, -0.2) is 12.6 Å². The Kier molecular flexibility index (Phi) is 8.72. The lowest BCUT2D eigenvalue weighted by molar-refractivity contribution is 0.0549. The number of esters is 1. The predicted molar refractivity (Wildman–Crippen MR) is 82.4 cm³/mol. The van der Waals surface area contributed by atoms with Crippen LogP contribution in [0.15, 0.2) is 42.5 Å². The molecule has 0 aliphatic heterocycles. The second-order valence-corrected chi connectivity index (χ2v) is 4.45. The quantitative estimate of drug-likeness (QED) is 0.318. The minimum Gasteiger partial charge on any atom is -0.458 e. The number of hydrogen-bond donors (Lipinski definition) is 0. The fourth-order valence-corrected chi connectivity index (χ4v) is 1.62. The Hall–Kier alpha value is -2.01. The summed E-state index contributed by atoms with van der Waals surface area (Å²) in [7, 11) is 0. The van der Waals surface area contributed by atoms with E-state index >= 15 is 0 Å². The maximum Gasteiger partial charge on any atom is 0.338 e. The molecule has 0 aromatic heterocycles. The average Bonchev–Trinajstić information content (AvgIpc) is 2.50. The second-order valence-electron chi connectivity index (χ2n) is 4.45. The van der Waals surface area contributed by atoms with E-state index in [9.17, 15) is 4.79 Å². The summed E-state index contributed by atoms with van der Waals surface area (Å²) < 4.78 is 5.11. The summed E-state index contributed by atoms with van der Waals surface area (Å²) in [5.41, 5.74) is 0.580. The highest BCUT2D eigenvalue weighted by atomic mass is 16.5. The van der Waals surface area contributed by atoms with E-state index in [0.717, 1.165) is 12.8 Å². The van der Waals surface area contributed by atoms with E-state index in [2.05, 4.69) is 18.8 Å². The minimum absolute atomic E-state index is 0.291. The summed E-state index contributed by atoms with van der Waals surface area (Å²) in [5.74, 6) is 5.93. The fraction of sp³-hybridized carbons (Fsp3) is 0.389. The van der Waals surface area contributed by atoms with Crippen molar-refractivity contribution >= 4 is 5.97 Å². The molecule has 0 bridgehead atoms. The molecule has 20 heavy (non-hydrogen) atoms. The van der Waals surface area contributed by atoms with Crippen LogP contribution in [0.25, 0.3) is 0 Å². The first-order valence-corrected chi connectivity index (χ1v) is 7.17. The number of unbranched alkanes of at least 4 members (excludes halogenated alkanes) is 3. The molecule has 0 aliphatic rings. The molecular weight excluding hydrogens is 248 g/mol. The van der Waals surface area contributed by atoms with Gasteiger partial charge in [-0.1, -0.05) is 56.0 Å². The smallest absolute Gasteiger partial charge is 0.338 e. The summed E-state index contributed by atoms with van der Waals surface area (Å²) in [6.45, 7) is 2.48.